The molecular weight excluding hydrogens is 414 g/mol. The molecule has 7 nitrogen and oxygen atoms in total. The lowest BCUT2D eigenvalue weighted by atomic mass is 9.98. The number of nitrogens with one attached hydrogen (secondary N) is 2. The van der Waals surface area contributed by atoms with E-state index in [0.29, 0.717) is 18.3 Å². The molecule has 0 radical (unpaired) electrons. The van der Waals surface area contributed by atoms with E-state index in [9.17, 15) is 9.59 Å². The van der Waals surface area contributed by atoms with Crippen molar-refractivity contribution >= 4 is 16.8 Å². The van der Waals surface area contributed by atoms with Crippen molar-refractivity contribution in [1.82, 2.24) is 24.6 Å². The zero-order chi connectivity index (χ0) is 22.5. The van der Waals surface area contributed by atoms with Gasteiger partial charge in [-0.15, -0.1) is 0 Å². The zero-order valence-electron chi connectivity index (χ0n) is 18.7. The molecule has 6 rings (SSSR count). The predicted octanol–water partition coefficient (Wildman–Crippen LogP) is 3.95. The lowest BCUT2D eigenvalue weighted by Crippen LogP contribution is -2.31. The van der Waals surface area contributed by atoms with Crippen LogP contribution in [0.15, 0.2) is 53.5 Å². The highest BCUT2D eigenvalue weighted by atomic mass is 16.2. The topological polar surface area (TPSA) is 86.8 Å². The monoisotopic (exact) mass is 441 g/mol. The lowest BCUT2D eigenvalue weighted by molar-refractivity contribution is -0.131. The summed E-state index contributed by atoms with van der Waals surface area (Å²) in [5.74, 6) is 1.47. The Morgan fingerprint density at radius 2 is 1.91 bits per heavy atom. The van der Waals surface area contributed by atoms with Gasteiger partial charge in [0.15, 0.2) is 5.82 Å². The summed E-state index contributed by atoms with van der Waals surface area (Å²) in [5, 5.41) is 8.18. The van der Waals surface area contributed by atoms with Crippen LogP contribution in [0.25, 0.3) is 33.4 Å². The van der Waals surface area contributed by atoms with Crippen molar-refractivity contribution in [2.75, 3.05) is 13.1 Å². The Morgan fingerprint density at radius 1 is 1.09 bits per heavy atom. The molecule has 4 aromatic rings. The second kappa shape index (κ2) is 7.76. The number of carbonyl (C=O) groups is 1. The van der Waals surface area contributed by atoms with Gasteiger partial charge >= 0.3 is 5.69 Å². The molecule has 1 aliphatic carbocycles. The average Bonchev–Trinajstić information content (AvgIpc) is 3.21. The van der Waals surface area contributed by atoms with E-state index in [4.69, 9.17) is 0 Å². The van der Waals surface area contributed by atoms with Crippen molar-refractivity contribution in [2.45, 2.75) is 32.7 Å². The van der Waals surface area contributed by atoms with Crippen LogP contribution >= 0.6 is 0 Å². The molecule has 2 aromatic heterocycles. The standard InChI is InChI=1S/C26H27N5O2/c1-16-12-20(21-5-2-18-8-10-27-23(18)13-21)6-7-22(16)24-28-29-26(33)31(24)15-17-9-11-30(14-17)25(32)19-3-4-19/h2,5-8,10,12-13,17,19,27H,3-4,9,11,14-15H2,1H3,(H,29,33). The molecule has 1 unspecified atom stereocenters. The molecule has 2 N–H and O–H groups in total. The average molecular weight is 442 g/mol. The number of carbonyl (C=O) groups excluding carboxylic acids is 1. The van der Waals surface area contributed by atoms with Crippen molar-refractivity contribution in [3.63, 3.8) is 0 Å². The summed E-state index contributed by atoms with van der Waals surface area (Å²) in [7, 11) is 0. The zero-order valence-corrected chi connectivity index (χ0v) is 18.7. The van der Waals surface area contributed by atoms with Crippen molar-refractivity contribution < 1.29 is 4.79 Å². The minimum Gasteiger partial charge on any atom is -0.361 e. The maximum absolute atomic E-state index is 12.6. The molecule has 2 fully saturated rings. The van der Waals surface area contributed by atoms with Gasteiger partial charge in [-0.2, -0.15) is 5.10 Å². The van der Waals surface area contributed by atoms with Gasteiger partial charge in [0.1, 0.15) is 0 Å². The van der Waals surface area contributed by atoms with E-state index in [1.165, 1.54) is 5.39 Å². The molecule has 2 aromatic carbocycles. The van der Waals surface area contributed by atoms with Gasteiger partial charge in [0, 0.05) is 42.8 Å². The summed E-state index contributed by atoms with van der Waals surface area (Å²) < 4.78 is 1.74. The number of aromatic nitrogens is 4. The minimum atomic E-state index is -0.197. The van der Waals surface area contributed by atoms with Crippen LogP contribution in [0.4, 0.5) is 0 Å². The van der Waals surface area contributed by atoms with Crippen LogP contribution in [0.1, 0.15) is 24.8 Å². The summed E-state index contributed by atoms with van der Waals surface area (Å²) in [6.45, 7) is 4.15. The molecule has 1 atom stereocenters. The number of aromatic amines is 2. The molecule has 7 heteroatoms. The van der Waals surface area contributed by atoms with E-state index in [2.05, 4.69) is 58.5 Å². The van der Waals surface area contributed by atoms with Crippen molar-refractivity contribution in [3.8, 4) is 22.5 Å². The largest absolute Gasteiger partial charge is 0.361 e. The molecule has 1 aliphatic heterocycles. The van der Waals surface area contributed by atoms with Gasteiger partial charge in [-0.3, -0.25) is 9.36 Å². The Balaban J connectivity index is 1.25. The third kappa shape index (κ3) is 3.67. The summed E-state index contributed by atoms with van der Waals surface area (Å²) in [6.07, 6.45) is 4.93. The molecule has 168 valence electrons. The Labute approximate surface area is 191 Å². The van der Waals surface area contributed by atoms with Crippen LogP contribution < -0.4 is 5.69 Å². The quantitative estimate of drug-likeness (QED) is 0.492. The van der Waals surface area contributed by atoms with Crippen molar-refractivity contribution in [1.29, 1.82) is 0 Å². The molecule has 2 aliphatic rings. The number of amides is 1. The number of fused-ring (bicyclic) bond motifs is 1. The Morgan fingerprint density at radius 3 is 2.73 bits per heavy atom. The Kier molecular flexibility index (Phi) is 4.71. The number of benzene rings is 2. The smallest absolute Gasteiger partial charge is 0.343 e. The fourth-order valence-electron chi connectivity index (χ4n) is 5.04. The molecule has 1 saturated carbocycles. The van der Waals surface area contributed by atoms with Gasteiger partial charge in [-0.05, 0) is 66.3 Å². The number of likely N-dealkylation sites (tertiary alicyclic amines) is 1. The third-order valence-corrected chi connectivity index (χ3v) is 7.08. The lowest BCUT2D eigenvalue weighted by Gasteiger charge is -2.17. The molecule has 0 bridgehead atoms. The molecule has 3 heterocycles. The van der Waals surface area contributed by atoms with Crippen molar-refractivity contribution in [2.24, 2.45) is 11.8 Å². The third-order valence-electron chi connectivity index (χ3n) is 7.08. The van der Waals surface area contributed by atoms with Crippen LogP contribution in [0.5, 0.6) is 0 Å². The number of rotatable bonds is 5. The van der Waals surface area contributed by atoms with Crippen LogP contribution in [0, 0.1) is 18.8 Å². The predicted molar refractivity (Wildman–Crippen MR) is 128 cm³/mol. The molecule has 1 amide bonds. The first-order valence-corrected chi connectivity index (χ1v) is 11.7. The first kappa shape index (κ1) is 20.0. The van der Waals surface area contributed by atoms with Gasteiger partial charge in [0.2, 0.25) is 5.91 Å². The summed E-state index contributed by atoms with van der Waals surface area (Å²) in [6, 6.07) is 14.8. The number of hydrogen-bond donors (Lipinski definition) is 2. The van der Waals surface area contributed by atoms with E-state index in [1.807, 2.05) is 17.2 Å². The number of H-pyrrole nitrogens is 2. The van der Waals surface area contributed by atoms with Crippen LogP contribution in [0.3, 0.4) is 0 Å². The second-order valence-corrected chi connectivity index (χ2v) is 9.49. The number of aryl methyl sites for hydroxylation is 1. The molecule has 0 spiro atoms. The molecule has 1 saturated heterocycles. The van der Waals surface area contributed by atoms with E-state index >= 15 is 0 Å². The van der Waals surface area contributed by atoms with Crippen LogP contribution in [-0.2, 0) is 11.3 Å². The summed E-state index contributed by atoms with van der Waals surface area (Å²) in [4.78, 5) is 30.2. The maximum Gasteiger partial charge on any atom is 0.343 e. The van der Waals surface area contributed by atoms with E-state index in [1.54, 1.807) is 4.57 Å². The van der Waals surface area contributed by atoms with E-state index in [0.717, 1.165) is 60.1 Å². The van der Waals surface area contributed by atoms with Gasteiger partial charge in [0.25, 0.3) is 0 Å². The van der Waals surface area contributed by atoms with Gasteiger partial charge in [-0.1, -0.05) is 30.3 Å². The van der Waals surface area contributed by atoms with Gasteiger partial charge < -0.3 is 9.88 Å². The highest BCUT2D eigenvalue weighted by Gasteiger charge is 2.36. The Hall–Kier alpha value is -3.61. The first-order valence-electron chi connectivity index (χ1n) is 11.7. The fourth-order valence-corrected chi connectivity index (χ4v) is 5.04. The number of hydrogen-bond acceptors (Lipinski definition) is 3. The van der Waals surface area contributed by atoms with Crippen molar-refractivity contribution in [3.05, 3.63) is 64.7 Å². The highest BCUT2D eigenvalue weighted by molar-refractivity contribution is 5.85. The fraction of sp³-hybridized carbons (Fsp3) is 0.346. The first-order chi connectivity index (χ1) is 16.1. The minimum absolute atomic E-state index is 0.197. The molecule has 33 heavy (non-hydrogen) atoms. The maximum atomic E-state index is 12.6. The van der Waals surface area contributed by atoms with Gasteiger partial charge in [-0.25, -0.2) is 9.89 Å². The summed E-state index contributed by atoms with van der Waals surface area (Å²) in [5.41, 5.74) is 5.20. The SMILES string of the molecule is Cc1cc(-c2ccc3cc[nH]c3c2)ccc1-c1n[nH]c(=O)n1CC1CCN(C(=O)C2CC2)C1. The van der Waals surface area contributed by atoms with Crippen LogP contribution in [-0.4, -0.2) is 43.6 Å². The summed E-state index contributed by atoms with van der Waals surface area (Å²) >= 11 is 0. The highest BCUT2D eigenvalue weighted by Crippen LogP contribution is 2.33. The van der Waals surface area contributed by atoms with E-state index in [-0.39, 0.29) is 17.5 Å². The van der Waals surface area contributed by atoms with E-state index < -0.39 is 0 Å². The molecular formula is C26H27N5O2. The van der Waals surface area contributed by atoms with Crippen LogP contribution in [0.2, 0.25) is 0 Å². The normalized spacial score (nSPS) is 18.3. The second-order valence-electron chi connectivity index (χ2n) is 9.49. The van der Waals surface area contributed by atoms with Gasteiger partial charge in [0.05, 0.1) is 0 Å². The number of nitrogens with zero attached hydrogens (tertiary/aromatic N) is 3. The Bertz CT molecular complexity index is 1410.